The number of carbonyl (C=O) groups is 2. The number of nitrogens with one attached hydrogen (secondary N) is 1. The van der Waals surface area contributed by atoms with Crippen LogP contribution in [0.5, 0.6) is 5.75 Å². The van der Waals surface area contributed by atoms with Crippen LogP contribution in [0.1, 0.15) is 12.8 Å². The van der Waals surface area contributed by atoms with E-state index in [9.17, 15) is 18.0 Å². The summed E-state index contributed by atoms with van der Waals surface area (Å²) in [5.41, 5.74) is 0.783. The molecule has 1 heterocycles. The molecule has 0 bridgehead atoms. The van der Waals surface area contributed by atoms with E-state index in [4.69, 9.17) is 4.74 Å². The van der Waals surface area contributed by atoms with Crippen LogP contribution < -0.4 is 14.4 Å². The van der Waals surface area contributed by atoms with Gasteiger partial charge in [-0.15, -0.1) is 0 Å². The van der Waals surface area contributed by atoms with Gasteiger partial charge in [-0.3, -0.25) is 14.3 Å². The Kier molecular flexibility index (Phi) is 4.46. The lowest BCUT2D eigenvalue weighted by Gasteiger charge is -2.16. The van der Waals surface area contributed by atoms with Crippen molar-refractivity contribution < 1.29 is 22.7 Å². The van der Waals surface area contributed by atoms with Crippen LogP contribution in [-0.4, -0.2) is 39.6 Å². The number of anilines is 1. The lowest BCUT2D eigenvalue weighted by atomic mass is 10.3. The molecule has 1 aliphatic rings. The minimum atomic E-state index is -3.58. The van der Waals surface area contributed by atoms with Gasteiger partial charge in [0.25, 0.3) is 5.91 Å². The molecule has 1 fully saturated rings. The Balaban J connectivity index is 1.91. The zero-order chi connectivity index (χ0) is 15.5. The van der Waals surface area contributed by atoms with Crippen LogP contribution in [0.25, 0.3) is 0 Å². The van der Waals surface area contributed by atoms with Gasteiger partial charge in [0.2, 0.25) is 15.9 Å². The molecule has 0 unspecified atom stereocenters. The molecule has 7 nitrogen and oxygen atoms in total. The second kappa shape index (κ2) is 6.13. The monoisotopic (exact) mass is 312 g/mol. The molecule has 1 N–H and O–H groups in total. The lowest BCUT2D eigenvalue weighted by molar-refractivity contribution is -0.121. The smallest absolute Gasteiger partial charge is 0.271 e. The first-order valence-corrected chi connectivity index (χ1v) is 8.28. The highest BCUT2D eigenvalue weighted by molar-refractivity contribution is 7.89. The van der Waals surface area contributed by atoms with Crippen LogP contribution in [0, 0.1) is 0 Å². The molecule has 8 heteroatoms. The molecule has 1 aromatic rings. The third-order valence-corrected chi connectivity index (χ3v) is 3.49. The quantitative estimate of drug-likeness (QED) is 0.842. The predicted octanol–water partition coefficient (Wildman–Crippen LogP) is 0.268. The van der Waals surface area contributed by atoms with Crippen molar-refractivity contribution in [1.82, 2.24) is 4.72 Å². The van der Waals surface area contributed by atoms with E-state index >= 15 is 0 Å². The fraction of sp³-hybridized carbons (Fsp3) is 0.385. The summed E-state index contributed by atoms with van der Waals surface area (Å²) in [6.07, 6.45) is 2.30. The van der Waals surface area contributed by atoms with Gasteiger partial charge in [-0.1, -0.05) is 0 Å². The van der Waals surface area contributed by atoms with Crippen molar-refractivity contribution in [2.75, 3.05) is 24.3 Å². The van der Waals surface area contributed by atoms with Gasteiger partial charge in [0.05, 0.1) is 6.26 Å². The van der Waals surface area contributed by atoms with E-state index in [-0.39, 0.29) is 5.91 Å². The lowest BCUT2D eigenvalue weighted by Crippen LogP contribution is -2.33. The highest BCUT2D eigenvalue weighted by Crippen LogP contribution is 2.23. The number of benzene rings is 1. The van der Waals surface area contributed by atoms with Crippen molar-refractivity contribution in [3.63, 3.8) is 0 Å². The molecule has 2 rings (SSSR count). The van der Waals surface area contributed by atoms with Crippen molar-refractivity contribution in [2.45, 2.75) is 12.8 Å². The van der Waals surface area contributed by atoms with Gasteiger partial charge in [-0.05, 0) is 30.7 Å². The molecule has 0 saturated carbocycles. The largest absolute Gasteiger partial charge is 0.484 e. The minimum absolute atomic E-state index is 0.0937. The number of amides is 2. The van der Waals surface area contributed by atoms with E-state index in [0.29, 0.717) is 18.7 Å². The summed E-state index contributed by atoms with van der Waals surface area (Å²) in [5, 5.41) is 0. The fourth-order valence-electron chi connectivity index (χ4n) is 2.03. The first-order chi connectivity index (χ1) is 9.85. The van der Waals surface area contributed by atoms with E-state index < -0.39 is 22.5 Å². The summed E-state index contributed by atoms with van der Waals surface area (Å²) in [5.74, 6) is -0.221. The summed E-state index contributed by atoms with van der Waals surface area (Å²) >= 11 is 0. The topological polar surface area (TPSA) is 92.8 Å². The maximum atomic E-state index is 11.6. The third-order valence-electron chi connectivity index (χ3n) is 2.89. The minimum Gasteiger partial charge on any atom is -0.484 e. The summed E-state index contributed by atoms with van der Waals surface area (Å²) in [4.78, 5) is 24.6. The average molecular weight is 312 g/mol. The van der Waals surface area contributed by atoms with Gasteiger partial charge in [0.1, 0.15) is 5.75 Å². The van der Waals surface area contributed by atoms with E-state index in [1.807, 2.05) is 0 Å². The number of hydrogen-bond donors (Lipinski definition) is 1. The second-order valence-electron chi connectivity index (χ2n) is 4.73. The van der Waals surface area contributed by atoms with Crippen LogP contribution >= 0.6 is 0 Å². The molecule has 21 heavy (non-hydrogen) atoms. The van der Waals surface area contributed by atoms with Crippen molar-refractivity contribution >= 4 is 27.5 Å². The Labute approximate surface area is 122 Å². The second-order valence-corrected chi connectivity index (χ2v) is 6.48. The van der Waals surface area contributed by atoms with Crippen molar-refractivity contribution in [1.29, 1.82) is 0 Å². The number of carbonyl (C=O) groups excluding carboxylic acids is 2. The molecule has 1 aromatic carbocycles. The number of ether oxygens (including phenoxy) is 1. The normalized spacial score (nSPS) is 15.1. The summed E-state index contributed by atoms with van der Waals surface area (Å²) in [6.45, 7) is 0.310. The first kappa shape index (κ1) is 15.3. The Morgan fingerprint density at radius 2 is 2.00 bits per heavy atom. The first-order valence-electron chi connectivity index (χ1n) is 6.39. The van der Waals surface area contributed by atoms with Crippen molar-refractivity contribution in [3.8, 4) is 5.75 Å². The molecule has 0 radical (unpaired) electrons. The summed E-state index contributed by atoms with van der Waals surface area (Å²) in [6, 6.07) is 6.73. The molecular formula is C13H16N2O5S. The van der Waals surface area contributed by atoms with Crippen molar-refractivity contribution in [2.24, 2.45) is 0 Å². The molecule has 0 aliphatic carbocycles. The van der Waals surface area contributed by atoms with Gasteiger partial charge in [0, 0.05) is 18.7 Å². The highest BCUT2D eigenvalue weighted by atomic mass is 32.2. The molecule has 2 amide bonds. The Morgan fingerprint density at radius 1 is 1.33 bits per heavy atom. The molecule has 0 spiro atoms. The fourth-order valence-corrected chi connectivity index (χ4v) is 2.50. The van der Waals surface area contributed by atoms with Gasteiger partial charge in [-0.2, -0.15) is 0 Å². The number of hydrogen-bond acceptors (Lipinski definition) is 5. The van der Waals surface area contributed by atoms with Crippen LogP contribution in [0.2, 0.25) is 0 Å². The molecule has 0 atom stereocenters. The number of rotatable bonds is 5. The summed E-state index contributed by atoms with van der Waals surface area (Å²) < 4.78 is 28.7. The highest BCUT2D eigenvalue weighted by Gasteiger charge is 2.21. The number of nitrogens with zero attached hydrogens (tertiary/aromatic N) is 1. The zero-order valence-corrected chi connectivity index (χ0v) is 12.4. The van der Waals surface area contributed by atoms with E-state index in [1.165, 1.54) is 0 Å². The maximum absolute atomic E-state index is 11.6. The van der Waals surface area contributed by atoms with Crippen LogP contribution in [0.4, 0.5) is 5.69 Å². The molecule has 0 aromatic heterocycles. The molecule has 114 valence electrons. The summed E-state index contributed by atoms with van der Waals surface area (Å²) in [7, 11) is -3.58. The van der Waals surface area contributed by atoms with Gasteiger partial charge in [-0.25, -0.2) is 8.42 Å². The predicted molar refractivity (Wildman–Crippen MR) is 76.5 cm³/mol. The van der Waals surface area contributed by atoms with E-state index in [0.717, 1.165) is 18.4 Å². The van der Waals surface area contributed by atoms with Crippen LogP contribution in [-0.2, 0) is 19.6 Å². The van der Waals surface area contributed by atoms with Crippen LogP contribution in [0.3, 0.4) is 0 Å². The zero-order valence-electron chi connectivity index (χ0n) is 11.5. The van der Waals surface area contributed by atoms with Gasteiger partial charge >= 0.3 is 0 Å². The van der Waals surface area contributed by atoms with E-state index in [1.54, 1.807) is 33.9 Å². The van der Waals surface area contributed by atoms with Crippen LogP contribution in [0.15, 0.2) is 24.3 Å². The SMILES string of the molecule is CS(=O)(=O)NC(=O)COc1ccc(N2CCCC2=O)cc1. The standard InChI is InChI=1S/C13H16N2O5S/c1-21(18,19)14-12(16)9-20-11-6-4-10(5-7-11)15-8-2-3-13(15)17/h4-7H,2-3,8-9H2,1H3,(H,14,16). The molecular weight excluding hydrogens is 296 g/mol. The average Bonchev–Trinajstić information content (AvgIpc) is 2.81. The van der Waals surface area contributed by atoms with Crippen molar-refractivity contribution in [3.05, 3.63) is 24.3 Å². The third kappa shape index (κ3) is 4.45. The molecule has 1 saturated heterocycles. The van der Waals surface area contributed by atoms with E-state index in [2.05, 4.69) is 0 Å². The number of sulfonamides is 1. The molecule has 1 aliphatic heterocycles. The Bertz CT molecular complexity index is 639. The van der Waals surface area contributed by atoms with Gasteiger partial charge in [0.15, 0.2) is 6.61 Å². The Hall–Kier alpha value is -2.09. The van der Waals surface area contributed by atoms with Gasteiger partial charge < -0.3 is 9.64 Å². The maximum Gasteiger partial charge on any atom is 0.271 e. The Morgan fingerprint density at radius 3 is 2.52 bits per heavy atom.